The van der Waals surface area contributed by atoms with Crippen LogP contribution in [0.5, 0.6) is 23.0 Å². The normalized spacial score (nSPS) is 25.5. The highest BCUT2D eigenvalue weighted by atomic mass is 32.1. The zero-order valence-electron chi connectivity index (χ0n) is 54.2. The van der Waals surface area contributed by atoms with Crippen LogP contribution in [0.25, 0.3) is 43.2 Å². The fraction of sp³-hybridized carbons (Fsp3) is 0.500. The lowest BCUT2D eigenvalue weighted by molar-refractivity contribution is -0.153. The van der Waals surface area contributed by atoms with Crippen molar-refractivity contribution in [3.05, 3.63) is 108 Å². The number of ketones is 2. The minimum atomic E-state index is -0.904. The Morgan fingerprint density at radius 3 is 1.89 bits per heavy atom. The van der Waals surface area contributed by atoms with E-state index in [2.05, 4.69) is 35.3 Å². The molecule has 2 aromatic carbocycles. The Hall–Kier alpha value is -7.84. The molecule has 0 saturated heterocycles. The van der Waals surface area contributed by atoms with Gasteiger partial charge in [0.15, 0.2) is 0 Å². The predicted molar refractivity (Wildman–Crippen MR) is 356 cm³/mol. The Bertz CT molecular complexity index is 3740. The van der Waals surface area contributed by atoms with Crippen molar-refractivity contribution in [2.75, 3.05) is 54.6 Å². The van der Waals surface area contributed by atoms with Gasteiger partial charge >= 0.3 is 11.9 Å². The summed E-state index contributed by atoms with van der Waals surface area (Å²) in [4.78, 5) is 105. The number of pyridine rings is 2. The smallest absolute Gasteiger partial charge is 0.313 e. The summed E-state index contributed by atoms with van der Waals surface area (Å²) in [6, 6.07) is 11.5. The van der Waals surface area contributed by atoms with Gasteiger partial charge in [0, 0.05) is 109 Å². The molecule has 18 nitrogen and oxygen atoms in total. The molecule has 0 spiro atoms. The van der Waals surface area contributed by atoms with Gasteiger partial charge in [-0.3, -0.25) is 28.8 Å². The lowest BCUT2D eigenvalue weighted by atomic mass is 9.84. The first-order valence-corrected chi connectivity index (χ1v) is 34.1. The van der Waals surface area contributed by atoms with Crippen LogP contribution in [0.1, 0.15) is 115 Å². The fourth-order valence-corrected chi connectivity index (χ4v) is 15.3. The molecule has 0 N–H and O–H groups in total. The van der Waals surface area contributed by atoms with Crippen LogP contribution in [0.3, 0.4) is 0 Å². The van der Waals surface area contributed by atoms with E-state index in [1.165, 1.54) is 22.7 Å². The third kappa shape index (κ3) is 14.2. The second-order valence-corrected chi connectivity index (χ2v) is 27.0. The number of hydrogen-bond acceptors (Lipinski definition) is 18. The molecule has 5 heterocycles. The molecular formula is C72H86N6O12S2. The summed E-state index contributed by atoms with van der Waals surface area (Å²) in [5.41, 5.74) is 2.89. The van der Waals surface area contributed by atoms with Crippen molar-refractivity contribution in [1.29, 1.82) is 0 Å². The Labute approximate surface area is 547 Å². The second kappa shape index (κ2) is 29.4. The molecule has 0 unspecified atom stereocenters. The van der Waals surface area contributed by atoms with Crippen molar-refractivity contribution in [2.24, 2.45) is 46.3 Å². The molecule has 2 amide bonds. The van der Waals surface area contributed by atoms with Crippen molar-refractivity contribution in [3.63, 3.8) is 0 Å². The lowest BCUT2D eigenvalue weighted by Crippen LogP contribution is -2.38. The van der Waals surface area contributed by atoms with E-state index in [4.69, 9.17) is 38.4 Å². The van der Waals surface area contributed by atoms with E-state index in [1.807, 2.05) is 74.1 Å². The Kier molecular flexibility index (Phi) is 21.4. The van der Waals surface area contributed by atoms with E-state index in [-0.39, 0.29) is 79.3 Å². The first kappa shape index (κ1) is 67.1. The van der Waals surface area contributed by atoms with E-state index >= 15 is 0 Å². The molecule has 10 atom stereocenters. The van der Waals surface area contributed by atoms with Gasteiger partial charge in [-0.1, -0.05) is 24.3 Å². The average Bonchev–Trinajstić information content (AvgIpc) is 1.53. The van der Waals surface area contributed by atoms with E-state index in [0.717, 1.165) is 87.2 Å². The molecule has 11 rings (SSSR count). The topological polar surface area (TPSA) is 216 Å². The van der Waals surface area contributed by atoms with Crippen LogP contribution < -0.4 is 18.9 Å². The van der Waals surface area contributed by atoms with Crippen molar-refractivity contribution in [3.8, 4) is 44.4 Å². The summed E-state index contributed by atoms with van der Waals surface area (Å²) in [5.74, 6) is -0.592. The van der Waals surface area contributed by atoms with E-state index in [9.17, 15) is 28.8 Å². The fourth-order valence-electron chi connectivity index (χ4n) is 14.1. The number of carbonyl (C=O) groups excluding carboxylic acids is 6. The van der Waals surface area contributed by atoms with Crippen LogP contribution in [-0.2, 0) is 38.2 Å². The molecule has 5 aliphatic rings. The van der Waals surface area contributed by atoms with Gasteiger partial charge in [-0.05, 0) is 141 Å². The standard InChI is InChI=1S/C37H45N3O6S.C35H41N3O6S/c1-7-10-11-12-16-40(5)35(42)28-19-25(18-27(28)30(41)22-37(21-24(37)8-2)36(43)45-9-3)46-32-20-29(34-38-15-17-47-34)39-33-23(4)31(44-6)14-13-26(32)33;1-5-43-34(41)35-19-22(35)10-8-6-7-9-14-38(3)33(40)26-17-23(16-25(26)28(39)20-35)44-30-18-27(32-36-13-15-45-32)37-31-21(2)29(42-4)12-11-24(30)31/h7-8,13-15,17,20,24-25,27-28H,1-2,9-12,16,18-19,21-22H2,3-6H3;8,10-13,15,18,22-23,25-26H,5-7,9,14,16-17,19-20H2,1-4H3/b;10-8-/t24-,25-,27-,28-,37-;22-,23-,25-,26-,35-/m11/s1. The number of aromatic nitrogens is 4. The number of benzene rings is 2. The van der Waals surface area contributed by atoms with Crippen molar-refractivity contribution in [2.45, 2.75) is 130 Å². The number of carbonyl (C=O) groups is 6. The Balaban J connectivity index is 0.000000202. The zero-order valence-corrected chi connectivity index (χ0v) is 55.9. The monoisotopic (exact) mass is 1290 g/mol. The van der Waals surface area contributed by atoms with Gasteiger partial charge in [0.05, 0.1) is 61.1 Å². The number of fused-ring (bicyclic) bond motifs is 4. The van der Waals surface area contributed by atoms with Crippen LogP contribution in [0.4, 0.5) is 0 Å². The number of amides is 2. The number of methoxy groups -OCH3 is 2. The molecule has 0 bridgehead atoms. The summed E-state index contributed by atoms with van der Waals surface area (Å²) in [6.45, 7) is 16.9. The number of ether oxygens (including phenoxy) is 6. The minimum absolute atomic E-state index is 0.0126. The maximum atomic E-state index is 14.1. The van der Waals surface area contributed by atoms with E-state index < -0.39 is 40.6 Å². The average molecular weight is 1290 g/mol. The van der Waals surface area contributed by atoms with Gasteiger partial charge in [-0.2, -0.15) is 0 Å². The molecule has 4 saturated carbocycles. The SMILES string of the molecule is C=CCCCCN(C)C(=O)[C@@H]1C[C@H](Oc2cc(-c3nccs3)nc3c(C)c(OC)ccc23)C[C@H]1C(=O)C[C@]1(C(=O)OCC)C[C@H]1C=C.CCOC(=O)[C@]12CC(=O)[C@@H]3C[C@@H](Oc4cc(-c5nccs5)nc5c(C)c(OC)ccc45)C[C@H]3C(=O)N(C)CCCC/C=C\[C@@H]1C2. The summed E-state index contributed by atoms with van der Waals surface area (Å²) >= 11 is 2.98. The lowest BCUT2D eigenvalue weighted by Gasteiger charge is -2.25. The maximum Gasteiger partial charge on any atom is 0.313 e. The number of unbranched alkanes of at least 4 members (excludes halogenated alkanes) is 2. The molecule has 0 radical (unpaired) electrons. The summed E-state index contributed by atoms with van der Waals surface area (Å²) < 4.78 is 35.5. The molecule has 4 aromatic heterocycles. The predicted octanol–water partition coefficient (Wildman–Crippen LogP) is 13.2. The summed E-state index contributed by atoms with van der Waals surface area (Å²) in [7, 11) is 6.89. The highest BCUT2D eigenvalue weighted by molar-refractivity contribution is 7.13. The van der Waals surface area contributed by atoms with Gasteiger partial charge in [0.2, 0.25) is 11.8 Å². The first-order valence-electron chi connectivity index (χ1n) is 32.3. The molecule has 4 aliphatic carbocycles. The van der Waals surface area contributed by atoms with E-state index in [1.54, 1.807) is 63.4 Å². The quantitative estimate of drug-likeness (QED) is 0.0351. The Morgan fingerprint density at radius 1 is 0.750 bits per heavy atom. The second-order valence-electron chi connectivity index (χ2n) is 25.2. The first-order chi connectivity index (χ1) is 44.4. The number of hydrogen-bond donors (Lipinski definition) is 0. The number of Topliss-reactive ketones (excluding diaryl/α,β-unsaturated/α-hetero) is 2. The molecule has 488 valence electrons. The number of esters is 2. The molecule has 6 aromatic rings. The van der Waals surface area contributed by atoms with Gasteiger partial charge in [-0.25, -0.2) is 19.9 Å². The highest BCUT2D eigenvalue weighted by Gasteiger charge is 2.63. The van der Waals surface area contributed by atoms with Crippen molar-refractivity contribution >= 4 is 79.8 Å². The molecular weight excluding hydrogens is 1200 g/mol. The summed E-state index contributed by atoms with van der Waals surface area (Å²) in [5, 5.41) is 6.98. The number of thiazole rings is 2. The van der Waals surface area contributed by atoms with Gasteiger partial charge in [0.25, 0.3) is 0 Å². The van der Waals surface area contributed by atoms with Crippen LogP contribution in [0.15, 0.2) is 97.0 Å². The zero-order chi connectivity index (χ0) is 65.4. The maximum absolute atomic E-state index is 14.1. The van der Waals surface area contributed by atoms with Gasteiger partial charge in [0.1, 0.15) is 68.2 Å². The minimum Gasteiger partial charge on any atom is -0.496 e. The number of nitrogens with zero attached hydrogens (tertiary/aromatic N) is 6. The van der Waals surface area contributed by atoms with Crippen LogP contribution in [0, 0.1) is 60.2 Å². The molecule has 20 heteroatoms. The third-order valence-corrected chi connectivity index (χ3v) is 21.0. The largest absolute Gasteiger partial charge is 0.496 e. The number of allylic oxidation sites excluding steroid dienone is 4. The summed E-state index contributed by atoms with van der Waals surface area (Å²) in [6.07, 6.45) is 18.7. The Morgan fingerprint density at radius 2 is 1.34 bits per heavy atom. The molecule has 1 aliphatic heterocycles. The molecule has 92 heavy (non-hydrogen) atoms. The van der Waals surface area contributed by atoms with Gasteiger partial charge in [-0.15, -0.1) is 35.8 Å². The number of aryl methyl sites for hydroxylation is 2. The van der Waals surface area contributed by atoms with E-state index in [0.29, 0.717) is 80.3 Å². The molecule has 4 fully saturated rings. The van der Waals surface area contributed by atoms with Crippen molar-refractivity contribution in [1.82, 2.24) is 29.7 Å². The van der Waals surface area contributed by atoms with Crippen LogP contribution >= 0.6 is 22.7 Å². The highest BCUT2D eigenvalue weighted by Crippen LogP contribution is 2.59. The van der Waals surface area contributed by atoms with Crippen LogP contribution in [0.2, 0.25) is 0 Å². The van der Waals surface area contributed by atoms with Crippen LogP contribution in [-0.4, -0.2) is 132 Å². The van der Waals surface area contributed by atoms with Gasteiger partial charge < -0.3 is 38.2 Å². The van der Waals surface area contributed by atoms with Crippen molar-refractivity contribution < 1.29 is 57.2 Å². The number of rotatable bonds is 22. The third-order valence-electron chi connectivity index (χ3n) is 19.4.